The van der Waals surface area contributed by atoms with Crippen LogP contribution in [0.1, 0.15) is 29.9 Å². The maximum absolute atomic E-state index is 11.3. The largest absolute Gasteiger partial charge is 0.368 e. The zero-order chi connectivity index (χ0) is 13.7. The van der Waals surface area contributed by atoms with E-state index in [0.29, 0.717) is 12.0 Å². The molecule has 20 heavy (non-hydrogen) atoms. The third kappa shape index (κ3) is 1.68. The normalized spacial score (nSPS) is 24.6. The van der Waals surface area contributed by atoms with Crippen LogP contribution in [-0.4, -0.2) is 23.1 Å². The Balaban J connectivity index is 1.90. The van der Waals surface area contributed by atoms with Gasteiger partial charge in [0.05, 0.1) is 0 Å². The van der Waals surface area contributed by atoms with Crippen molar-refractivity contribution < 1.29 is 4.79 Å². The van der Waals surface area contributed by atoms with Gasteiger partial charge in [-0.15, -0.1) is 0 Å². The van der Waals surface area contributed by atoms with E-state index in [1.165, 1.54) is 29.4 Å². The number of aromatic nitrogens is 1. The van der Waals surface area contributed by atoms with Gasteiger partial charge in [-0.1, -0.05) is 12.1 Å². The van der Waals surface area contributed by atoms with Gasteiger partial charge in [0.1, 0.15) is 6.54 Å². The smallest absolute Gasteiger partial charge is 0.237 e. The highest BCUT2D eigenvalue weighted by atomic mass is 16.1. The van der Waals surface area contributed by atoms with Gasteiger partial charge in [0.15, 0.2) is 0 Å². The molecule has 104 valence electrons. The number of nitrogens with zero attached hydrogens (tertiary/aromatic N) is 1. The van der Waals surface area contributed by atoms with Gasteiger partial charge in [-0.3, -0.25) is 4.79 Å². The highest BCUT2D eigenvalue weighted by Gasteiger charge is 2.33. The van der Waals surface area contributed by atoms with Crippen molar-refractivity contribution in [1.82, 2.24) is 9.88 Å². The zero-order valence-corrected chi connectivity index (χ0v) is 11.4. The summed E-state index contributed by atoms with van der Waals surface area (Å²) in [7, 11) is 0. The van der Waals surface area contributed by atoms with E-state index < -0.39 is 0 Å². The lowest BCUT2D eigenvalue weighted by Crippen LogP contribution is -2.43. The number of nitrogens with two attached hydrogens (primary N) is 1. The van der Waals surface area contributed by atoms with Gasteiger partial charge >= 0.3 is 0 Å². The van der Waals surface area contributed by atoms with Crippen molar-refractivity contribution in [3.8, 4) is 0 Å². The molecule has 2 aromatic rings. The quantitative estimate of drug-likeness (QED) is 0.868. The number of carbonyl (C=O) groups is 1. The van der Waals surface area contributed by atoms with Crippen molar-refractivity contribution in [2.75, 3.05) is 6.54 Å². The van der Waals surface area contributed by atoms with Crippen molar-refractivity contribution in [3.05, 3.63) is 35.5 Å². The molecule has 3 N–H and O–H groups in total. The summed E-state index contributed by atoms with van der Waals surface area (Å²) in [5.41, 5.74) is 9.32. The molecule has 4 rings (SSSR count). The van der Waals surface area contributed by atoms with Gasteiger partial charge in [0.2, 0.25) is 5.91 Å². The lowest BCUT2D eigenvalue weighted by molar-refractivity contribution is -0.118. The van der Waals surface area contributed by atoms with Crippen LogP contribution in [0.5, 0.6) is 0 Å². The second kappa shape index (κ2) is 4.35. The minimum atomic E-state index is -0.284. The van der Waals surface area contributed by atoms with Gasteiger partial charge in [-0.25, -0.2) is 0 Å². The average Bonchev–Trinajstić information content (AvgIpc) is 2.78. The van der Waals surface area contributed by atoms with Crippen LogP contribution in [-0.2, 0) is 17.8 Å². The Bertz CT molecular complexity index is 688. The van der Waals surface area contributed by atoms with Gasteiger partial charge in [-0.2, -0.15) is 0 Å². The van der Waals surface area contributed by atoms with E-state index >= 15 is 0 Å². The Morgan fingerprint density at radius 1 is 1.45 bits per heavy atom. The summed E-state index contributed by atoms with van der Waals surface area (Å²) in [6.45, 7) is 1.39. The van der Waals surface area contributed by atoms with Crippen LogP contribution >= 0.6 is 0 Å². The summed E-state index contributed by atoms with van der Waals surface area (Å²) < 4.78 is 2.01. The molecule has 1 saturated heterocycles. The molecule has 0 radical (unpaired) electrons. The van der Waals surface area contributed by atoms with E-state index in [0.717, 1.165) is 18.5 Å². The first-order chi connectivity index (χ1) is 9.74. The summed E-state index contributed by atoms with van der Waals surface area (Å²) in [5.74, 6) is 0.331. The predicted molar refractivity (Wildman–Crippen MR) is 78.6 cm³/mol. The monoisotopic (exact) mass is 269 g/mol. The lowest BCUT2D eigenvalue weighted by Gasteiger charge is -2.36. The van der Waals surface area contributed by atoms with Crippen LogP contribution in [0.25, 0.3) is 10.9 Å². The SMILES string of the molecule is NC(=O)Cn1cc2c3c(cccc31)[C@H]1CCCN[C@@H]1C2. The molecule has 1 fully saturated rings. The number of hydrogen-bond acceptors (Lipinski definition) is 2. The first-order valence-electron chi connectivity index (χ1n) is 7.36. The molecular weight excluding hydrogens is 250 g/mol. The molecule has 0 bridgehead atoms. The lowest BCUT2D eigenvalue weighted by atomic mass is 9.76. The standard InChI is InChI=1S/C16H19N3O/c17-15(20)9-19-8-10-7-13-11(4-2-6-18-13)12-3-1-5-14(19)16(10)12/h1,3,5,8,11,13,18H,2,4,6-7,9H2,(H2,17,20)/t11-,13-/m1/s1. The summed E-state index contributed by atoms with van der Waals surface area (Å²) in [5, 5.41) is 5.01. The molecule has 0 unspecified atom stereocenters. The summed E-state index contributed by atoms with van der Waals surface area (Å²) >= 11 is 0. The summed E-state index contributed by atoms with van der Waals surface area (Å²) in [6, 6.07) is 7.01. The van der Waals surface area contributed by atoms with Gasteiger partial charge in [0.25, 0.3) is 0 Å². The van der Waals surface area contributed by atoms with Gasteiger partial charge in [0, 0.05) is 29.1 Å². The molecule has 1 aromatic heterocycles. The average molecular weight is 269 g/mol. The van der Waals surface area contributed by atoms with Crippen LogP contribution in [0.15, 0.2) is 24.4 Å². The van der Waals surface area contributed by atoms with Crippen molar-refractivity contribution in [3.63, 3.8) is 0 Å². The Morgan fingerprint density at radius 3 is 3.20 bits per heavy atom. The van der Waals surface area contributed by atoms with Crippen LogP contribution in [0, 0.1) is 0 Å². The van der Waals surface area contributed by atoms with E-state index in [-0.39, 0.29) is 12.5 Å². The fourth-order valence-corrected chi connectivity index (χ4v) is 4.01. The third-order valence-corrected chi connectivity index (χ3v) is 4.77. The minimum absolute atomic E-state index is 0.267. The van der Waals surface area contributed by atoms with Crippen LogP contribution in [0.2, 0.25) is 0 Å². The second-order valence-corrected chi connectivity index (χ2v) is 6.00. The fraction of sp³-hybridized carbons (Fsp3) is 0.438. The molecule has 4 nitrogen and oxygen atoms in total. The molecule has 1 amide bonds. The highest BCUT2D eigenvalue weighted by molar-refractivity contribution is 5.90. The Morgan fingerprint density at radius 2 is 2.35 bits per heavy atom. The van der Waals surface area contributed by atoms with Crippen molar-refractivity contribution >= 4 is 16.8 Å². The summed E-state index contributed by atoms with van der Waals surface area (Å²) in [6.07, 6.45) is 5.68. The van der Waals surface area contributed by atoms with E-state index in [9.17, 15) is 4.79 Å². The van der Waals surface area contributed by atoms with E-state index in [1.807, 2.05) is 4.57 Å². The Labute approximate surface area is 117 Å². The first-order valence-corrected chi connectivity index (χ1v) is 7.36. The molecule has 4 heteroatoms. The second-order valence-electron chi connectivity index (χ2n) is 6.00. The zero-order valence-electron chi connectivity index (χ0n) is 11.4. The number of nitrogens with one attached hydrogen (secondary N) is 1. The molecule has 2 atom stereocenters. The van der Waals surface area contributed by atoms with E-state index in [1.54, 1.807) is 0 Å². The molecule has 0 spiro atoms. The fourth-order valence-electron chi connectivity index (χ4n) is 4.01. The maximum atomic E-state index is 11.3. The third-order valence-electron chi connectivity index (χ3n) is 4.77. The van der Waals surface area contributed by atoms with E-state index in [2.05, 4.69) is 29.7 Å². The number of carbonyl (C=O) groups excluding carboxylic acids is 1. The molecular formula is C16H19N3O. The number of rotatable bonds is 2. The van der Waals surface area contributed by atoms with Crippen molar-refractivity contribution in [2.24, 2.45) is 5.73 Å². The van der Waals surface area contributed by atoms with Gasteiger partial charge < -0.3 is 15.6 Å². The molecule has 1 aliphatic carbocycles. The van der Waals surface area contributed by atoms with E-state index in [4.69, 9.17) is 5.73 Å². The van der Waals surface area contributed by atoms with Crippen LogP contribution in [0.3, 0.4) is 0 Å². The van der Waals surface area contributed by atoms with Crippen LogP contribution < -0.4 is 11.1 Å². The van der Waals surface area contributed by atoms with Crippen molar-refractivity contribution in [2.45, 2.75) is 37.8 Å². The highest BCUT2D eigenvalue weighted by Crippen LogP contribution is 2.41. The first kappa shape index (κ1) is 12.0. The molecule has 1 aromatic carbocycles. The molecule has 1 aliphatic heterocycles. The number of benzene rings is 1. The number of hydrogen-bond donors (Lipinski definition) is 2. The molecule has 2 heterocycles. The number of primary amides is 1. The topological polar surface area (TPSA) is 60.1 Å². The van der Waals surface area contributed by atoms with Crippen LogP contribution in [0.4, 0.5) is 0 Å². The van der Waals surface area contributed by atoms with Gasteiger partial charge in [-0.05, 0) is 43.0 Å². The number of amides is 1. The minimum Gasteiger partial charge on any atom is -0.368 e. The predicted octanol–water partition coefficient (Wildman–Crippen LogP) is 1.52. The Kier molecular flexibility index (Phi) is 2.60. The number of fused-ring (bicyclic) bond motifs is 2. The number of piperidine rings is 1. The molecule has 2 aliphatic rings. The maximum Gasteiger partial charge on any atom is 0.237 e. The summed E-state index contributed by atoms with van der Waals surface area (Å²) in [4.78, 5) is 11.3. The Hall–Kier alpha value is -1.81. The van der Waals surface area contributed by atoms with Crippen molar-refractivity contribution in [1.29, 1.82) is 0 Å². The molecule has 0 saturated carbocycles.